The van der Waals surface area contributed by atoms with E-state index in [4.69, 9.17) is 0 Å². The van der Waals surface area contributed by atoms with Crippen LogP contribution in [0.4, 0.5) is 4.39 Å². The van der Waals surface area contributed by atoms with Crippen molar-refractivity contribution in [2.45, 2.75) is 44.7 Å². The van der Waals surface area contributed by atoms with Crippen LogP contribution >= 0.6 is 15.9 Å². The third kappa shape index (κ3) is 4.80. The Balaban J connectivity index is 3.14. The van der Waals surface area contributed by atoms with Gasteiger partial charge in [0.1, 0.15) is 10.7 Å². The number of hydrogen-bond donors (Lipinski definition) is 2. The van der Waals surface area contributed by atoms with Crippen LogP contribution in [0.2, 0.25) is 0 Å². The van der Waals surface area contributed by atoms with Crippen molar-refractivity contribution in [2.24, 2.45) is 0 Å². The van der Waals surface area contributed by atoms with Crippen molar-refractivity contribution in [1.29, 1.82) is 0 Å². The highest BCUT2D eigenvalue weighted by atomic mass is 79.9. The molecule has 2 N–H and O–H groups in total. The second kappa shape index (κ2) is 7.49. The van der Waals surface area contributed by atoms with Crippen molar-refractivity contribution in [1.82, 2.24) is 10.0 Å². The Bertz CT molecular complexity index is 562. The minimum Gasteiger partial charge on any atom is -0.310 e. The molecule has 4 nitrogen and oxygen atoms in total. The predicted octanol–water partition coefficient (Wildman–Crippen LogP) is 2.77. The molecule has 1 aromatic rings. The largest absolute Gasteiger partial charge is 0.310 e. The van der Waals surface area contributed by atoms with Gasteiger partial charge in [-0.05, 0) is 18.6 Å². The molecule has 1 rings (SSSR count). The van der Waals surface area contributed by atoms with E-state index in [1.54, 1.807) is 6.07 Å². The van der Waals surface area contributed by atoms with Crippen LogP contribution < -0.4 is 10.0 Å². The van der Waals surface area contributed by atoms with Crippen LogP contribution in [0.5, 0.6) is 0 Å². The molecule has 0 saturated carbocycles. The fraction of sp³-hybridized carbons (Fsp3) is 0.538. The van der Waals surface area contributed by atoms with E-state index in [1.165, 1.54) is 6.07 Å². The van der Waals surface area contributed by atoms with Crippen LogP contribution in [0.15, 0.2) is 21.5 Å². The van der Waals surface area contributed by atoms with E-state index in [1.807, 2.05) is 20.8 Å². The van der Waals surface area contributed by atoms with Crippen LogP contribution in [0.3, 0.4) is 0 Å². The van der Waals surface area contributed by atoms with Gasteiger partial charge in [0.05, 0.1) is 0 Å². The van der Waals surface area contributed by atoms with Crippen molar-refractivity contribution in [3.8, 4) is 0 Å². The van der Waals surface area contributed by atoms with E-state index in [0.717, 1.165) is 0 Å². The minimum absolute atomic E-state index is 0.187. The van der Waals surface area contributed by atoms with Gasteiger partial charge in [-0.25, -0.2) is 17.5 Å². The lowest BCUT2D eigenvalue weighted by Crippen LogP contribution is -2.27. The van der Waals surface area contributed by atoms with Crippen LogP contribution in [0.25, 0.3) is 0 Å². The van der Waals surface area contributed by atoms with Crippen molar-refractivity contribution in [3.05, 3.63) is 28.0 Å². The Morgan fingerprint density at radius 1 is 1.35 bits per heavy atom. The third-order valence-corrected chi connectivity index (χ3v) is 4.53. The normalized spacial score (nSPS) is 12.1. The summed E-state index contributed by atoms with van der Waals surface area (Å²) in [5.74, 6) is -0.704. The van der Waals surface area contributed by atoms with Crippen LogP contribution in [-0.4, -0.2) is 21.0 Å². The first kappa shape index (κ1) is 17.6. The topological polar surface area (TPSA) is 58.2 Å². The Hall–Kier alpha value is -0.500. The predicted molar refractivity (Wildman–Crippen MR) is 81.6 cm³/mol. The fourth-order valence-corrected chi connectivity index (χ4v) is 3.51. The van der Waals surface area contributed by atoms with E-state index in [-0.39, 0.29) is 24.0 Å². The van der Waals surface area contributed by atoms with Crippen molar-refractivity contribution < 1.29 is 12.8 Å². The maximum Gasteiger partial charge on any atom is 0.243 e. The van der Waals surface area contributed by atoms with E-state index >= 15 is 0 Å². The summed E-state index contributed by atoms with van der Waals surface area (Å²) in [5, 5.41) is 3.08. The summed E-state index contributed by atoms with van der Waals surface area (Å²) < 4.78 is 41.4. The highest BCUT2D eigenvalue weighted by Gasteiger charge is 2.21. The van der Waals surface area contributed by atoms with Gasteiger partial charge in [0.15, 0.2) is 0 Å². The van der Waals surface area contributed by atoms with E-state index in [9.17, 15) is 12.8 Å². The quantitative estimate of drug-likeness (QED) is 0.779. The van der Waals surface area contributed by atoms with Crippen LogP contribution in [-0.2, 0) is 16.6 Å². The Labute approximate surface area is 128 Å². The zero-order valence-corrected chi connectivity index (χ0v) is 14.2. The first-order valence-corrected chi connectivity index (χ1v) is 8.76. The molecule has 114 valence electrons. The third-order valence-electron chi connectivity index (χ3n) is 2.61. The van der Waals surface area contributed by atoms with Crippen molar-refractivity contribution in [3.63, 3.8) is 0 Å². The number of nitrogens with one attached hydrogen (secondary N) is 2. The number of hydrogen-bond acceptors (Lipinski definition) is 3. The van der Waals surface area contributed by atoms with Crippen molar-refractivity contribution >= 4 is 26.0 Å². The summed E-state index contributed by atoms with van der Waals surface area (Å²) in [6, 6.07) is 3.06. The average Bonchev–Trinajstić information content (AvgIpc) is 2.36. The molecular weight excluding hydrogens is 347 g/mol. The highest BCUT2D eigenvalue weighted by molar-refractivity contribution is 9.10. The van der Waals surface area contributed by atoms with Gasteiger partial charge in [-0.3, -0.25) is 0 Å². The molecule has 0 aliphatic carbocycles. The van der Waals surface area contributed by atoms with Gasteiger partial charge in [0, 0.05) is 29.2 Å². The molecule has 0 radical (unpaired) electrons. The molecule has 0 fully saturated rings. The van der Waals surface area contributed by atoms with Crippen molar-refractivity contribution in [2.75, 3.05) is 6.54 Å². The zero-order valence-electron chi connectivity index (χ0n) is 11.8. The summed E-state index contributed by atoms with van der Waals surface area (Å²) in [5.41, 5.74) is 0.324. The first-order valence-electron chi connectivity index (χ1n) is 6.49. The second-order valence-electron chi connectivity index (χ2n) is 4.81. The summed E-state index contributed by atoms with van der Waals surface area (Å²) in [7, 11) is -3.82. The lowest BCUT2D eigenvalue weighted by atomic mass is 10.2. The second-order valence-corrected chi connectivity index (χ2v) is 7.46. The molecule has 0 aliphatic rings. The van der Waals surface area contributed by atoms with Gasteiger partial charge in [0.25, 0.3) is 0 Å². The molecule has 0 saturated heterocycles. The summed E-state index contributed by atoms with van der Waals surface area (Å²) >= 11 is 3.23. The van der Waals surface area contributed by atoms with E-state index in [0.29, 0.717) is 16.5 Å². The Kier molecular flexibility index (Phi) is 6.57. The molecule has 20 heavy (non-hydrogen) atoms. The van der Waals surface area contributed by atoms with Gasteiger partial charge in [0.2, 0.25) is 10.0 Å². The summed E-state index contributed by atoms with van der Waals surface area (Å²) in [6.07, 6.45) is 0.649. The molecule has 7 heteroatoms. The smallest absolute Gasteiger partial charge is 0.243 e. The lowest BCUT2D eigenvalue weighted by molar-refractivity contribution is 0.528. The van der Waals surface area contributed by atoms with Gasteiger partial charge < -0.3 is 5.32 Å². The summed E-state index contributed by atoms with van der Waals surface area (Å²) in [6.45, 7) is 6.29. The van der Waals surface area contributed by atoms with Crippen LogP contribution in [0, 0.1) is 5.82 Å². The minimum atomic E-state index is -3.82. The molecule has 1 aromatic carbocycles. The van der Waals surface area contributed by atoms with Crippen LogP contribution in [0.1, 0.15) is 32.8 Å². The highest BCUT2D eigenvalue weighted by Crippen LogP contribution is 2.24. The monoisotopic (exact) mass is 366 g/mol. The molecule has 0 aromatic heterocycles. The fourth-order valence-electron chi connectivity index (χ4n) is 1.57. The maximum atomic E-state index is 14.3. The number of sulfonamides is 1. The summed E-state index contributed by atoms with van der Waals surface area (Å²) in [4.78, 5) is -0.319. The zero-order chi connectivity index (χ0) is 15.3. The molecule has 0 bridgehead atoms. The molecule has 0 spiro atoms. The SMILES string of the molecule is CCCNS(=O)(=O)c1cc(Br)cc(CNC(C)C)c1F. The Morgan fingerprint density at radius 3 is 2.55 bits per heavy atom. The molecule has 0 atom stereocenters. The van der Waals surface area contributed by atoms with E-state index < -0.39 is 15.8 Å². The maximum absolute atomic E-state index is 14.3. The standard InChI is InChI=1S/C13H20BrFN2O2S/c1-4-5-17-20(18,19)12-7-11(14)6-10(13(12)15)8-16-9(2)3/h6-7,9,16-17H,4-5,8H2,1-3H3. The van der Waals surface area contributed by atoms with E-state index in [2.05, 4.69) is 26.0 Å². The van der Waals surface area contributed by atoms with Gasteiger partial charge in [-0.1, -0.05) is 36.7 Å². The Morgan fingerprint density at radius 2 is 2.00 bits per heavy atom. The first-order chi connectivity index (χ1) is 9.27. The average molecular weight is 367 g/mol. The molecule has 0 heterocycles. The molecule has 0 amide bonds. The number of rotatable bonds is 7. The van der Waals surface area contributed by atoms with Gasteiger partial charge in [-0.2, -0.15) is 0 Å². The lowest BCUT2D eigenvalue weighted by Gasteiger charge is -2.13. The van der Waals surface area contributed by atoms with Gasteiger partial charge >= 0.3 is 0 Å². The number of halogens is 2. The van der Waals surface area contributed by atoms with Gasteiger partial charge in [-0.15, -0.1) is 0 Å². The molecule has 0 unspecified atom stereocenters. The molecular formula is C13H20BrFN2O2S. The molecule has 0 aliphatic heterocycles. The number of benzene rings is 1.